The Balaban J connectivity index is 1.63. The van der Waals surface area contributed by atoms with E-state index in [1.165, 1.54) is 6.07 Å². The zero-order valence-electron chi connectivity index (χ0n) is 19.1. The van der Waals surface area contributed by atoms with Crippen LogP contribution in [0.3, 0.4) is 0 Å². The maximum atomic E-state index is 13.0. The highest BCUT2D eigenvalue weighted by Crippen LogP contribution is 2.35. The molecule has 1 heterocycles. The summed E-state index contributed by atoms with van der Waals surface area (Å²) in [5.74, 6) is -0.343. The van der Waals surface area contributed by atoms with Crippen molar-refractivity contribution in [2.24, 2.45) is 0 Å². The van der Waals surface area contributed by atoms with Crippen LogP contribution in [-0.4, -0.2) is 31.5 Å². The molecule has 1 amide bonds. The fourth-order valence-electron chi connectivity index (χ4n) is 3.59. The lowest BCUT2D eigenvalue weighted by Crippen LogP contribution is -2.16. The van der Waals surface area contributed by atoms with Crippen LogP contribution in [0.4, 0.5) is 18.9 Å². The summed E-state index contributed by atoms with van der Waals surface area (Å²) in [5.41, 5.74) is 2.14. The summed E-state index contributed by atoms with van der Waals surface area (Å²) in [5, 5.41) is 21.7. The van der Waals surface area contributed by atoms with Crippen molar-refractivity contribution in [3.63, 3.8) is 0 Å². The van der Waals surface area contributed by atoms with E-state index in [0.29, 0.717) is 16.5 Å². The summed E-state index contributed by atoms with van der Waals surface area (Å²) >= 11 is 7.04. The molecule has 36 heavy (non-hydrogen) atoms. The number of aryl methyl sites for hydroxylation is 2. The maximum absolute atomic E-state index is 13.0. The van der Waals surface area contributed by atoms with Crippen molar-refractivity contribution in [3.8, 4) is 22.8 Å². The number of amides is 1. The summed E-state index contributed by atoms with van der Waals surface area (Å²) < 4.78 is 40.9. The lowest BCUT2D eigenvalue weighted by atomic mass is 10.1. The van der Waals surface area contributed by atoms with E-state index in [4.69, 9.17) is 11.6 Å². The van der Waals surface area contributed by atoms with Crippen molar-refractivity contribution in [1.29, 1.82) is 0 Å². The van der Waals surface area contributed by atoms with Gasteiger partial charge in [0.2, 0.25) is 5.91 Å². The average molecular weight is 533 g/mol. The van der Waals surface area contributed by atoms with Crippen LogP contribution in [0.5, 0.6) is 5.75 Å². The van der Waals surface area contributed by atoms with Gasteiger partial charge in [-0.1, -0.05) is 53.2 Å². The minimum Gasteiger partial charge on any atom is -0.507 e. The Hall–Kier alpha value is -3.50. The molecule has 186 valence electrons. The molecule has 4 rings (SSSR count). The number of phenolic OH excluding ortho intramolecular Hbond substituents is 1. The number of benzene rings is 3. The number of carbonyl (C=O) groups excluding carboxylic acids is 1. The number of rotatable bonds is 6. The van der Waals surface area contributed by atoms with E-state index in [-0.39, 0.29) is 22.2 Å². The van der Waals surface area contributed by atoms with Gasteiger partial charge in [0.1, 0.15) is 5.75 Å². The first-order valence-corrected chi connectivity index (χ1v) is 12.0. The highest BCUT2D eigenvalue weighted by molar-refractivity contribution is 7.99. The van der Waals surface area contributed by atoms with Crippen LogP contribution in [0.2, 0.25) is 5.02 Å². The van der Waals surface area contributed by atoms with Gasteiger partial charge in [-0.05, 0) is 55.8 Å². The number of alkyl halides is 3. The third-order valence-corrected chi connectivity index (χ3v) is 6.53. The number of carbonyl (C=O) groups is 1. The van der Waals surface area contributed by atoms with Crippen molar-refractivity contribution < 1.29 is 23.1 Å². The molecule has 0 fully saturated rings. The summed E-state index contributed by atoms with van der Waals surface area (Å²) in [6, 6.07) is 15.2. The number of para-hydroxylation sites is 1. The second kappa shape index (κ2) is 10.2. The van der Waals surface area contributed by atoms with Gasteiger partial charge in [0.15, 0.2) is 11.0 Å². The molecule has 0 radical (unpaired) electrons. The molecule has 1 aromatic heterocycles. The summed E-state index contributed by atoms with van der Waals surface area (Å²) in [7, 11) is 0. The van der Waals surface area contributed by atoms with E-state index in [1.807, 2.05) is 32.0 Å². The smallest absolute Gasteiger partial charge is 0.416 e. The summed E-state index contributed by atoms with van der Waals surface area (Å²) in [4.78, 5) is 12.6. The molecule has 0 unspecified atom stereocenters. The van der Waals surface area contributed by atoms with Crippen LogP contribution in [0, 0.1) is 13.8 Å². The standard InChI is InChI=1S/C25H20ClF3N4O2S/c1-14-7-10-20(15(2)11-14)33-23(17-5-3-4-6-21(17)34)31-32-24(33)36-13-22(35)30-19-12-16(25(27,28)29)8-9-18(19)26/h3-12,34H,13H2,1-2H3,(H,30,35). The fourth-order valence-corrected chi connectivity index (χ4v) is 4.50. The van der Waals surface area contributed by atoms with E-state index >= 15 is 0 Å². The van der Waals surface area contributed by atoms with Gasteiger partial charge in [-0.2, -0.15) is 13.2 Å². The number of nitrogens with one attached hydrogen (secondary N) is 1. The number of nitrogens with zero attached hydrogens (tertiary/aromatic N) is 3. The van der Waals surface area contributed by atoms with Crippen molar-refractivity contribution in [2.45, 2.75) is 25.2 Å². The largest absolute Gasteiger partial charge is 0.507 e. The molecule has 0 saturated heterocycles. The molecular weight excluding hydrogens is 513 g/mol. The van der Waals surface area contributed by atoms with Crippen LogP contribution in [-0.2, 0) is 11.0 Å². The van der Waals surface area contributed by atoms with Crippen molar-refractivity contribution in [1.82, 2.24) is 14.8 Å². The quantitative estimate of drug-likeness (QED) is 0.271. The number of hydrogen-bond acceptors (Lipinski definition) is 5. The fraction of sp³-hybridized carbons (Fsp3) is 0.160. The molecule has 0 saturated carbocycles. The number of phenols is 1. The lowest BCUT2D eigenvalue weighted by Gasteiger charge is -2.14. The monoisotopic (exact) mass is 532 g/mol. The third-order valence-electron chi connectivity index (χ3n) is 5.27. The van der Waals surface area contributed by atoms with Gasteiger partial charge in [-0.15, -0.1) is 10.2 Å². The van der Waals surface area contributed by atoms with Crippen LogP contribution < -0.4 is 5.32 Å². The second-order valence-corrected chi connectivity index (χ2v) is 9.33. The van der Waals surface area contributed by atoms with E-state index < -0.39 is 17.6 Å². The van der Waals surface area contributed by atoms with Gasteiger partial charge in [-0.3, -0.25) is 9.36 Å². The average Bonchev–Trinajstić information content (AvgIpc) is 3.22. The molecule has 6 nitrogen and oxygen atoms in total. The van der Waals surface area contributed by atoms with E-state index in [1.54, 1.807) is 22.8 Å². The Labute approximate surface area is 214 Å². The molecule has 2 N–H and O–H groups in total. The van der Waals surface area contributed by atoms with Crippen LogP contribution in [0.1, 0.15) is 16.7 Å². The van der Waals surface area contributed by atoms with Gasteiger partial charge in [0.25, 0.3) is 0 Å². The third kappa shape index (κ3) is 5.50. The molecular formula is C25H20ClF3N4O2S. The number of halogens is 4. The molecule has 0 spiro atoms. The first-order chi connectivity index (χ1) is 17.0. The molecule has 3 aromatic carbocycles. The number of anilines is 1. The maximum Gasteiger partial charge on any atom is 0.416 e. The van der Waals surface area contributed by atoms with Crippen LogP contribution in [0.25, 0.3) is 17.1 Å². The van der Waals surface area contributed by atoms with E-state index in [2.05, 4.69) is 15.5 Å². The highest BCUT2D eigenvalue weighted by Gasteiger charge is 2.31. The Morgan fingerprint density at radius 1 is 1.08 bits per heavy atom. The molecule has 0 aliphatic rings. The van der Waals surface area contributed by atoms with Gasteiger partial charge in [0, 0.05) is 0 Å². The Morgan fingerprint density at radius 3 is 2.53 bits per heavy atom. The van der Waals surface area contributed by atoms with Gasteiger partial charge >= 0.3 is 6.18 Å². The normalized spacial score (nSPS) is 11.5. The Kier molecular flexibility index (Phi) is 7.28. The van der Waals surface area contributed by atoms with Crippen molar-refractivity contribution in [3.05, 3.63) is 82.4 Å². The molecule has 11 heteroatoms. The summed E-state index contributed by atoms with van der Waals surface area (Å²) in [6.07, 6.45) is -4.57. The minimum atomic E-state index is -4.57. The number of aromatic hydroxyl groups is 1. The van der Waals surface area contributed by atoms with Crippen molar-refractivity contribution >= 4 is 35.0 Å². The zero-order chi connectivity index (χ0) is 26.0. The summed E-state index contributed by atoms with van der Waals surface area (Å²) in [6.45, 7) is 3.89. The number of aromatic nitrogens is 3. The van der Waals surface area contributed by atoms with Crippen LogP contribution in [0.15, 0.2) is 65.8 Å². The first-order valence-electron chi connectivity index (χ1n) is 10.7. The zero-order valence-corrected chi connectivity index (χ0v) is 20.7. The minimum absolute atomic E-state index is 0.0124. The van der Waals surface area contributed by atoms with E-state index in [9.17, 15) is 23.1 Å². The van der Waals surface area contributed by atoms with Gasteiger partial charge < -0.3 is 10.4 Å². The van der Waals surface area contributed by atoms with E-state index in [0.717, 1.165) is 46.8 Å². The first kappa shape index (κ1) is 25.6. The predicted octanol–water partition coefficient (Wildman–Crippen LogP) is 6.66. The molecule has 0 aliphatic heterocycles. The second-order valence-electron chi connectivity index (χ2n) is 7.98. The molecule has 0 bridgehead atoms. The SMILES string of the molecule is Cc1ccc(-n2c(SCC(=O)Nc3cc(C(F)(F)F)ccc3Cl)nnc2-c2ccccc2O)c(C)c1. The predicted molar refractivity (Wildman–Crippen MR) is 134 cm³/mol. The van der Waals surface area contributed by atoms with Crippen molar-refractivity contribution in [2.75, 3.05) is 11.1 Å². The molecule has 0 atom stereocenters. The Morgan fingerprint density at radius 2 is 1.83 bits per heavy atom. The van der Waals surface area contributed by atoms with Crippen LogP contribution >= 0.6 is 23.4 Å². The topological polar surface area (TPSA) is 80.0 Å². The lowest BCUT2D eigenvalue weighted by molar-refractivity contribution is -0.137. The van der Waals surface area contributed by atoms with Gasteiger partial charge in [0.05, 0.1) is 33.3 Å². The number of thioether (sulfide) groups is 1. The number of hydrogen-bond donors (Lipinski definition) is 2. The van der Waals surface area contributed by atoms with Gasteiger partial charge in [-0.25, -0.2) is 0 Å². The Bertz CT molecular complexity index is 1440. The molecule has 0 aliphatic carbocycles. The highest BCUT2D eigenvalue weighted by atomic mass is 35.5. The molecule has 4 aromatic rings.